The largest absolute Gasteiger partial charge is 0.388 e. The van der Waals surface area contributed by atoms with Crippen LogP contribution < -0.4 is 0 Å². The topological polar surface area (TPSA) is 38.1 Å². The van der Waals surface area contributed by atoms with E-state index in [2.05, 4.69) is 11.7 Å². The van der Waals surface area contributed by atoms with E-state index in [-0.39, 0.29) is 0 Å². The molecule has 0 saturated carbocycles. The predicted molar refractivity (Wildman–Crippen MR) is 52.3 cm³/mol. The molecule has 1 unspecified atom stereocenters. The van der Waals surface area contributed by atoms with Gasteiger partial charge in [0.15, 0.2) is 0 Å². The van der Waals surface area contributed by atoms with Crippen LogP contribution in [0.15, 0.2) is 18.3 Å². The Kier molecular flexibility index (Phi) is 2.88. The Bertz CT molecular complexity index is 315. The minimum Gasteiger partial charge on any atom is -0.388 e. The first-order chi connectivity index (χ1) is 6.02. The second kappa shape index (κ2) is 3.75. The molecule has 0 aliphatic carbocycles. The number of aliphatic hydroxyl groups is 1. The third kappa shape index (κ3) is 2.18. The third-order valence-electron chi connectivity index (χ3n) is 2.17. The Hall–Kier alpha value is -1.09. The summed E-state index contributed by atoms with van der Waals surface area (Å²) in [5.74, 6) is 0. The number of aliphatic hydroxyl groups excluding tert-OH is 1. The maximum Gasteiger partial charge on any atom is 0.0860 e. The van der Waals surface area contributed by atoms with Crippen molar-refractivity contribution in [2.24, 2.45) is 7.05 Å². The van der Waals surface area contributed by atoms with E-state index >= 15 is 0 Å². The highest BCUT2D eigenvalue weighted by atomic mass is 16.3. The Morgan fingerprint density at radius 2 is 2.38 bits per heavy atom. The summed E-state index contributed by atoms with van der Waals surface area (Å²) < 4.78 is 1.76. The van der Waals surface area contributed by atoms with Gasteiger partial charge in [0.25, 0.3) is 0 Å². The minimum atomic E-state index is -0.466. The van der Waals surface area contributed by atoms with Gasteiger partial charge in [0, 0.05) is 18.3 Å². The first-order valence-corrected chi connectivity index (χ1v) is 4.33. The lowest BCUT2D eigenvalue weighted by molar-refractivity contribution is 0.177. The molecule has 0 spiro atoms. The summed E-state index contributed by atoms with van der Waals surface area (Å²) in [5.41, 5.74) is 2.88. The van der Waals surface area contributed by atoms with Crippen molar-refractivity contribution < 1.29 is 5.11 Å². The third-order valence-corrected chi connectivity index (χ3v) is 2.17. The van der Waals surface area contributed by atoms with Gasteiger partial charge >= 0.3 is 0 Å². The van der Waals surface area contributed by atoms with Gasteiger partial charge in [-0.05, 0) is 20.3 Å². The fraction of sp³-hybridized carbons (Fsp3) is 0.500. The van der Waals surface area contributed by atoms with Crippen LogP contribution in [-0.4, -0.2) is 14.9 Å². The van der Waals surface area contributed by atoms with Gasteiger partial charge in [-0.15, -0.1) is 6.58 Å². The molecule has 0 radical (unpaired) electrons. The van der Waals surface area contributed by atoms with Crippen molar-refractivity contribution in [1.82, 2.24) is 9.78 Å². The summed E-state index contributed by atoms with van der Waals surface area (Å²) in [6.45, 7) is 7.63. The summed E-state index contributed by atoms with van der Waals surface area (Å²) in [5, 5.41) is 13.8. The first kappa shape index (κ1) is 9.99. The molecule has 0 aliphatic rings. The molecule has 0 aliphatic heterocycles. The van der Waals surface area contributed by atoms with Crippen LogP contribution in [0.25, 0.3) is 0 Å². The lowest BCUT2D eigenvalue weighted by atomic mass is 10.0. The second-order valence-corrected chi connectivity index (χ2v) is 3.49. The lowest BCUT2D eigenvalue weighted by Crippen LogP contribution is -2.00. The molecular weight excluding hydrogens is 164 g/mol. The molecule has 1 aromatic rings. The van der Waals surface area contributed by atoms with Crippen LogP contribution in [0.3, 0.4) is 0 Å². The van der Waals surface area contributed by atoms with Crippen LogP contribution in [-0.2, 0) is 7.05 Å². The maximum absolute atomic E-state index is 9.77. The number of hydrogen-bond acceptors (Lipinski definition) is 2. The average molecular weight is 180 g/mol. The Morgan fingerprint density at radius 3 is 2.77 bits per heavy atom. The van der Waals surface area contributed by atoms with Gasteiger partial charge in [0.2, 0.25) is 0 Å². The van der Waals surface area contributed by atoms with Gasteiger partial charge in [-0.3, -0.25) is 4.68 Å². The highest BCUT2D eigenvalue weighted by molar-refractivity contribution is 5.20. The monoisotopic (exact) mass is 180 g/mol. The molecule has 1 heterocycles. The zero-order valence-electron chi connectivity index (χ0n) is 8.41. The molecule has 0 saturated heterocycles. The summed E-state index contributed by atoms with van der Waals surface area (Å²) in [4.78, 5) is 0. The van der Waals surface area contributed by atoms with Crippen molar-refractivity contribution in [3.05, 3.63) is 29.6 Å². The standard InChI is InChI=1S/C10H16N2O/c1-7(2)5-10(13)9-6-11-12(4)8(9)3/h6,10,13H,1,5H2,2-4H3. The number of aromatic nitrogens is 2. The van der Waals surface area contributed by atoms with E-state index in [0.29, 0.717) is 6.42 Å². The summed E-state index contributed by atoms with van der Waals surface area (Å²) >= 11 is 0. The first-order valence-electron chi connectivity index (χ1n) is 4.33. The van der Waals surface area contributed by atoms with E-state index in [0.717, 1.165) is 16.8 Å². The highest BCUT2D eigenvalue weighted by Crippen LogP contribution is 2.22. The molecule has 1 atom stereocenters. The molecule has 1 aromatic heterocycles. The van der Waals surface area contributed by atoms with Gasteiger partial charge in [0.05, 0.1) is 12.3 Å². The molecule has 3 heteroatoms. The normalized spacial score (nSPS) is 12.9. The van der Waals surface area contributed by atoms with Crippen LogP contribution in [0, 0.1) is 6.92 Å². The maximum atomic E-state index is 9.77. The fourth-order valence-electron chi connectivity index (χ4n) is 1.28. The van der Waals surface area contributed by atoms with Crippen molar-refractivity contribution in [1.29, 1.82) is 0 Å². The molecule has 1 rings (SSSR count). The SMILES string of the molecule is C=C(C)CC(O)c1cnn(C)c1C. The van der Waals surface area contributed by atoms with Crippen LogP contribution in [0.5, 0.6) is 0 Å². The minimum absolute atomic E-state index is 0.466. The predicted octanol–water partition coefficient (Wildman–Crippen LogP) is 1.73. The molecule has 1 N–H and O–H groups in total. The van der Waals surface area contributed by atoms with E-state index in [4.69, 9.17) is 0 Å². The van der Waals surface area contributed by atoms with Crippen molar-refractivity contribution in [3.63, 3.8) is 0 Å². The van der Waals surface area contributed by atoms with Crippen LogP contribution in [0.4, 0.5) is 0 Å². The zero-order valence-corrected chi connectivity index (χ0v) is 8.41. The number of aryl methyl sites for hydroxylation is 1. The van der Waals surface area contributed by atoms with Gasteiger partial charge in [-0.2, -0.15) is 5.10 Å². The number of nitrogens with zero attached hydrogens (tertiary/aromatic N) is 2. The molecular formula is C10H16N2O. The lowest BCUT2D eigenvalue weighted by Gasteiger charge is -2.09. The van der Waals surface area contributed by atoms with Crippen molar-refractivity contribution in [2.75, 3.05) is 0 Å². The second-order valence-electron chi connectivity index (χ2n) is 3.49. The summed E-state index contributed by atoms with van der Waals surface area (Å²) in [6.07, 6.45) is 1.85. The Balaban J connectivity index is 2.82. The molecule has 3 nitrogen and oxygen atoms in total. The Labute approximate surface area is 78.7 Å². The van der Waals surface area contributed by atoms with Crippen molar-refractivity contribution in [2.45, 2.75) is 26.4 Å². The van der Waals surface area contributed by atoms with E-state index in [1.165, 1.54) is 0 Å². The summed E-state index contributed by atoms with van der Waals surface area (Å²) in [7, 11) is 1.87. The van der Waals surface area contributed by atoms with Gasteiger partial charge in [-0.1, -0.05) is 5.57 Å². The van der Waals surface area contributed by atoms with E-state index in [9.17, 15) is 5.11 Å². The van der Waals surface area contributed by atoms with Gasteiger partial charge < -0.3 is 5.11 Å². The Morgan fingerprint density at radius 1 is 1.77 bits per heavy atom. The zero-order chi connectivity index (χ0) is 10.0. The number of rotatable bonds is 3. The van der Waals surface area contributed by atoms with E-state index < -0.39 is 6.10 Å². The quantitative estimate of drug-likeness (QED) is 0.719. The smallest absolute Gasteiger partial charge is 0.0860 e. The highest BCUT2D eigenvalue weighted by Gasteiger charge is 2.13. The van der Waals surface area contributed by atoms with Gasteiger partial charge in [0.1, 0.15) is 0 Å². The molecule has 0 amide bonds. The van der Waals surface area contributed by atoms with E-state index in [1.807, 2.05) is 20.9 Å². The molecule has 0 bridgehead atoms. The molecule has 0 aromatic carbocycles. The van der Waals surface area contributed by atoms with Crippen LogP contribution in [0.2, 0.25) is 0 Å². The molecule has 13 heavy (non-hydrogen) atoms. The summed E-state index contributed by atoms with van der Waals surface area (Å²) in [6, 6.07) is 0. The molecule has 72 valence electrons. The van der Waals surface area contributed by atoms with Crippen LogP contribution in [0.1, 0.15) is 30.7 Å². The number of hydrogen-bond donors (Lipinski definition) is 1. The molecule has 0 fully saturated rings. The van der Waals surface area contributed by atoms with Crippen molar-refractivity contribution >= 4 is 0 Å². The van der Waals surface area contributed by atoms with Gasteiger partial charge in [-0.25, -0.2) is 0 Å². The fourth-order valence-corrected chi connectivity index (χ4v) is 1.28. The van der Waals surface area contributed by atoms with Crippen LogP contribution >= 0.6 is 0 Å². The average Bonchev–Trinajstić information content (AvgIpc) is 2.31. The van der Waals surface area contributed by atoms with Crippen molar-refractivity contribution in [3.8, 4) is 0 Å². The van der Waals surface area contributed by atoms with E-state index in [1.54, 1.807) is 10.9 Å².